The summed E-state index contributed by atoms with van der Waals surface area (Å²) in [7, 11) is 0. The van der Waals surface area contributed by atoms with Gasteiger partial charge in [0.1, 0.15) is 12.0 Å². The van der Waals surface area contributed by atoms with Gasteiger partial charge in [-0.05, 0) is 75.2 Å². The van der Waals surface area contributed by atoms with E-state index in [0.29, 0.717) is 29.1 Å². The fourth-order valence-electron chi connectivity index (χ4n) is 5.99. The molecule has 6 aromatic rings. The average molecular weight is 578 g/mol. The standard InChI is InChI=1S/C33H32FN7O2/c1-21-9-8-10-22(2)29(21)41-31(42)24-20-35-32(38-30(24)40-27-12-5-4-11-26(27)37-33(40)41)36-23-13-14-28(25(34)19-23)43-18-17-39-15-6-3-7-16-39/h4-5,8-14,19-20H,3,6-7,15-18H2,1-2H3,(H,35,36,38). The minimum atomic E-state index is -0.469. The number of nitrogens with one attached hydrogen (secondary N) is 1. The summed E-state index contributed by atoms with van der Waals surface area (Å²) in [5.41, 5.74) is 4.85. The lowest BCUT2D eigenvalue weighted by molar-refractivity contribution is 0.180. The minimum absolute atomic E-state index is 0.209. The quantitative estimate of drug-likeness (QED) is 0.251. The molecule has 0 spiro atoms. The van der Waals surface area contributed by atoms with Crippen molar-refractivity contribution in [3.8, 4) is 11.4 Å². The van der Waals surface area contributed by atoms with Gasteiger partial charge in [-0.2, -0.15) is 4.98 Å². The highest BCUT2D eigenvalue weighted by molar-refractivity contribution is 5.88. The molecule has 0 saturated carbocycles. The number of imidazole rings is 1. The molecule has 7 rings (SSSR count). The topological polar surface area (TPSA) is 89.6 Å². The predicted molar refractivity (Wildman–Crippen MR) is 166 cm³/mol. The zero-order valence-electron chi connectivity index (χ0n) is 24.2. The van der Waals surface area contributed by atoms with E-state index in [1.807, 2.05) is 60.7 Å². The summed E-state index contributed by atoms with van der Waals surface area (Å²) >= 11 is 0. The maximum atomic E-state index is 15.0. The van der Waals surface area contributed by atoms with Gasteiger partial charge in [0.15, 0.2) is 17.2 Å². The number of para-hydroxylation sites is 3. The van der Waals surface area contributed by atoms with Crippen LogP contribution in [0.4, 0.5) is 16.0 Å². The number of hydrogen-bond donors (Lipinski definition) is 1. The number of hydrogen-bond acceptors (Lipinski definition) is 7. The molecule has 10 heteroatoms. The SMILES string of the molecule is Cc1cccc(C)c1-n1c(=O)c2cnc(Nc3ccc(OCCN4CCCCC4)c(F)c3)nc2n2c3ccccc3nc12. The first-order chi connectivity index (χ1) is 21.0. The van der Waals surface area contributed by atoms with Gasteiger partial charge < -0.3 is 10.1 Å². The molecule has 1 fully saturated rings. The predicted octanol–water partition coefficient (Wildman–Crippen LogP) is 5.95. The van der Waals surface area contributed by atoms with Gasteiger partial charge in [-0.25, -0.2) is 18.9 Å². The van der Waals surface area contributed by atoms with Crippen molar-refractivity contribution in [2.75, 3.05) is 31.6 Å². The summed E-state index contributed by atoms with van der Waals surface area (Å²) in [6, 6.07) is 18.3. The molecule has 1 N–H and O–H groups in total. The highest BCUT2D eigenvalue weighted by Gasteiger charge is 2.21. The first kappa shape index (κ1) is 27.0. The first-order valence-corrected chi connectivity index (χ1v) is 14.7. The summed E-state index contributed by atoms with van der Waals surface area (Å²) in [6.45, 7) is 7.32. The summed E-state index contributed by atoms with van der Waals surface area (Å²) < 4.78 is 24.2. The molecule has 0 aliphatic carbocycles. The van der Waals surface area contributed by atoms with Crippen LogP contribution in [-0.4, -0.2) is 55.1 Å². The molecule has 1 saturated heterocycles. The molecule has 43 heavy (non-hydrogen) atoms. The molecule has 0 radical (unpaired) electrons. The van der Waals surface area contributed by atoms with Gasteiger partial charge in [0.25, 0.3) is 5.56 Å². The Hall–Kier alpha value is -4.83. The fraction of sp³-hybridized carbons (Fsp3) is 0.273. The Morgan fingerprint density at radius 2 is 1.74 bits per heavy atom. The lowest BCUT2D eigenvalue weighted by Crippen LogP contribution is -2.33. The number of aryl methyl sites for hydroxylation is 2. The van der Waals surface area contributed by atoms with Crippen molar-refractivity contribution in [2.45, 2.75) is 33.1 Å². The second kappa shape index (κ2) is 11.1. The largest absolute Gasteiger partial charge is 0.489 e. The second-order valence-electron chi connectivity index (χ2n) is 11.1. The Kier molecular flexibility index (Phi) is 6.98. The highest BCUT2D eigenvalue weighted by atomic mass is 19.1. The number of fused-ring (bicyclic) bond motifs is 5. The van der Waals surface area contributed by atoms with E-state index < -0.39 is 5.82 Å². The number of aromatic nitrogens is 5. The lowest BCUT2D eigenvalue weighted by atomic mass is 10.1. The van der Waals surface area contributed by atoms with Gasteiger partial charge in [-0.1, -0.05) is 36.8 Å². The van der Waals surface area contributed by atoms with Crippen molar-refractivity contribution in [3.63, 3.8) is 0 Å². The monoisotopic (exact) mass is 577 g/mol. The van der Waals surface area contributed by atoms with Crippen molar-refractivity contribution in [1.82, 2.24) is 28.8 Å². The number of anilines is 2. The Morgan fingerprint density at radius 1 is 0.953 bits per heavy atom. The number of nitrogens with zero attached hydrogens (tertiary/aromatic N) is 6. The summed E-state index contributed by atoms with van der Waals surface area (Å²) in [6.07, 6.45) is 5.20. The normalized spacial score (nSPS) is 14.1. The van der Waals surface area contributed by atoms with Crippen molar-refractivity contribution in [2.24, 2.45) is 0 Å². The third-order valence-electron chi connectivity index (χ3n) is 8.12. The van der Waals surface area contributed by atoms with E-state index in [9.17, 15) is 9.18 Å². The van der Waals surface area contributed by atoms with Gasteiger partial charge in [-0.15, -0.1) is 0 Å². The molecule has 9 nitrogen and oxygen atoms in total. The molecule has 3 aromatic heterocycles. The average Bonchev–Trinajstić information content (AvgIpc) is 3.40. The number of benzene rings is 3. The number of ether oxygens (including phenoxy) is 1. The lowest BCUT2D eigenvalue weighted by Gasteiger charge is -2.26. The van der Waals surface area contributed by atoms with Crippen LogP contribution in [0.15, 0.2) is 71.7 Å². The second-order valence-corrected chi connectivity index (χ2v) is 11.1. The van der Waals surface area contributed by atoms with Crippen LogP contribution in [0.5, 0.6) is 5.75 Å². The fourth-order valence-corrected chi connectivity index (χ4v) is 5.99. The zero-order valence-corrected chi connectivity index (χ0v) is 24.2. The number of halogens is 1. The molecule has 0 bridgehead atoms. The molecule has 4 heterocycles. The summed E-state index contributed by atoms with van der Waals surface area (Å²) in [5.74, 6) is 0.427. The molecule has 0 atom stereocenters. The minimum Gasteiger partial charge on any atom is -0.489 e. The Bertz CT molecular complexity index is 2030. The van der Waals surface area contributed by atoms with E-state index in [2.05, 4.69) is 15.2 Å². The number of rotatable bonds is 7. The molecular formula is C33H32FN7O2. The van der Waals surface area contributed by atoms with Crippen LogP contribution in [0.25, 0.3) is 33.5 Å². The maximum Gasteiger partial charge on any atom is 0.270 e. The van der Waals surface area contributed by atoms with E-state index in [-0.39, 0.29) is 17.3 Å². The Labute approximate surface area is 247 Å². The van der Waals surface area contributed by atoms with Crippen molar-refractivity contribution < 1.29 is 9.13 Å². The smallest absolute Gasteiger partial charge is 0.270 e. The van der Waals surface area contributed by atoms with Gasteiger partial charge in [0.2, 0.25) is 11.7 Å². The molecule has 3 aromatic carbocycles. The van der Waals surface area contributed by atoms with Gasteiger partial charge in [0, 0.05) is 24.5 Å². The van der Waals surface area contributed by atoms with E-state index in [4.69, 9.17) is 14.7 Å². The van der Waals surface area contributed by atoms with E-state index >= 15 is 0 Å². The van der Waals surface area contributed by atoms with Crippen LogP contribution in [-0.2, 0) is 0 Å². The zero-order chi connectivity index (χ0) is 29.5. The summed E-state index contributed by atoms with van der Waals surface area (Å²) in [4.78, 5) is 30.4. The maximum absolute atomic E-state index is 15.0. The van der Waals surface area contributed by atoms with E-state index in [0.717, 1.165) is 47.5 Å². The van der Waals surface area contributed by atoms with Gasteiger partial charge in [0.05, 0.1) is 16.7 Å². The third-order valence-corrected chi connectivity index (χ3v) is 8.12. The van der Waals surface area contributed by atoms with Crippen molar-refractivity contribution in [3.05, 3.63) is 94.2 Å². The van der Waals surface area contributed by atoms with Gasteiger partial charge >= 0.3 is 0 Å². The summed E-state index contributed by atoms with van der Waals surface area (Å²) in [5, 5.41) is 3.43. The van der Waals surface area contributed by atoms with E-state index in [1.54, 1.807) is 16.7 Å². The van der Waals surface area contributed by atoms with Crippen LogP contribution in [0.2, 0.25) is 0 Å². The molecular weight excluding hydrogens is 545 g/mol. The number of likely N-dealkylation sites (tertiary alicyclic amines) is 1. The Balaban J connectivity index is 1.25. The van der Waals surface area contributed by atoms with Crippen LogP contribution in [0.1, 0.15) is 30.4 Å². The molecule has 0 amide bonds. The van der Waals surface area contributed by atoms with Gasteiger partial charge in [-0.3, -0.25) is 14.1 Å². The van der Waals surface area contributed by atoms with Crippen molar-refractivity contribution >= 4 is 39.5 Å². The molecule has 218 valence electrons. The van der Waals surface area contributed by atoms with Crippen LogP contribution in [0, 0.1) is 19.7 Å². The van der Waals surface area contributed by atoms with E-state index in [1.165, 1.54) is 31.5 Å². The Morgan fingerprint density at radius 3 is 2.53 bits per heavy atom. The third kappa shape index (κ3) is 4.97. The number of piperidine rings is 1. The highest BCUT2D eigenvalue weighted by Crippen LogP contribution is 2.27. The van der Waals surface area contributed by atoms with Crippen LogP contribution in [0.3, 0.4) is 0 Å². The van der Waals surface area contributed by atoms with Crippen LogP contribution < -0.4 is 15.6 Å². The molecule has 1 aliphatic rings. The molecule has 0 unspecified atom stereocenters. The van der Waals surface area contributed by atoms with Crippen molar-refractivity contribution in [1.29, 1.82) is 0 Å². The molecule has 1 aliphatic heterocycles. The first-order valence-electron chi connectivity index (χ1n) is 14.7. The van der Waals surface area contributed by atoms with Crippen LogP contribution >= 0.6 is 0 Å².